The molecule has 102 valence electrons. The van der Waals surface area contributed by atoms with Crippen LogP contribution in [0, 0.1) is 3.57 Å². The summed E-state index contributed by atoms with van der Waals surface area (Å²) in [5, 5.41) is 0. The molecule has 0 atom stereocenters. The molecule has 2 N–H and O–H groups in total. The summed E-state index contributed by atoms with van der Waals surface area (Å²) in [5.74, 6) is -1.15. The van der Waals surface area contributed by atoms with Crippen LogP contribution >= 0.6 is 22.6 Å². The minimum atomic E-state index is -5.12. The number of nitrogens with two attached hydrogens (primary N) is 1. The third-order valence-corrected chi connectivity index (χ3v) is 2.88. The minimum Gasteiger partial charge on any atom is -0.387 e. The summed E-state index contributed by atoms with van der Waals surface area (Å²) in [6.45, 7) is -0.363. The molecule has 18 heavy (non-hydrogen) atoms. The van der Waals surface area contributed by atoms with Gasteiger partial charge in [0, 0.05) is 6.54 Å². The van der Waals surface area contributed by atoms with E-state index in [0.29, 0.717) is 6.07 Å². The minimum absolute atomic E-state index is 0.128. The summed E-state index contributed by atoms with van der Waals surface area (Å²) in [6, 6.07) is 0.588. The van der Waals surface area contributed by atoms with Crippen LogP contribution in [-0.2, 0) is 12.7 Å². The van der Waals surface area contributed by atoms with Crippen LogP contribution in [0.15, 0.2) is 6.07 Å². The molecular formula is C8H5F6IN2O. The average molecular weight is 386 g/mol. The van der Waals surface area contributed by atoms with Crippen LogP contribution in [0.1, 0.15) is 11.3 Å². The Morgan fingerprint density at radius 1 is 1.22 bits per heavy atom. The molecule has 0 saturated carbocycles. The van der Waals surface area contributed by atoms with Crippen LogP contribution in [0.2, 0.25) is 0 Å². The van der Waals surface area contributed by atoms with Gasteiger partial charge in [-0.2, -0.15) is 13.2 Å². The molecule has 0 aromatic carbocycles. The van der Waals surface area contributed by atoms with Crippen molar-refractivity contribution in [1.29, 1.82) is 0 Å². The quantitative estimate of drug-likeness (QED) is 0.628. The number of alkyl halides is 6. The highest BCUT2D eigenvalue weighted by Crippen LogP contribution is 2.34. The Labute approximate surface area is 110 Å². The topological polar surface area (TPSA) is 48.1 Å². The van der Waals surface area contributed by atoms with E-state index in [-0.39, 0.29) is 15.7 Å². The monoisotopic (exact) mass is 386 g/mol. The van der Waals surface area contributed by atoms with Gasteiger partial charge in [0.25, 0.3) is 0 Å². The second-order valence-electron chi connectivity index (χ2n) is 3.04. The Kier molecular flexibility index (Phi) is 4.30. The lowest BCUT2D eigenvalue weighted by atomic mass is 10.2. The van der Waals surface area contributed by atoms with Crippen LogP contribution in [-0.4, -0.2) is 11.3 Å². The van der Waals surface area contributed by atoms with Gasteiger partial charge in [0.1, 0.15) is 5.69 Å². The lowest BCUT2D eigenvalue weighted by molar-refractivity contribution is -0.276. The number of nitrogens with zero attached hydrogens (tertiary/aromatic N) is 1. The van der Waals surface area contributed by atoms with Gasteiger partial charge in [-0.05, 0) is 34.2 Å². The lowest BCUT2D eigenvalue weighted by Gasteiger charge is -2.14. The SMILES string of the molecule is NCc1cc(C(F)(F)F)nc(OC(F)(F)F)c1I. The van der Waals surface area contributed by atoms with Crippen molar-refractivity contribution in [3.8, 4) is 5.88 Å². The van der Waals surface area contributed by atoms with E-state index in [0.717, 1.165) is 0 Å². The second kappa shape index (κ2) is 5.07. The van der Waals surface area contributed by atoms with Gasteiger partial charge < -0.3 is 10.5 Å². The highest BCUT2D eigenvalue weighted by molar-refractivity contribution is 14.1. The average Bonchev–Trinajstić information content (AvgIpc) is 2.17. The molecule has 0 unspecified atom stereocenters. The molecule has 0 spiro atoms. The Balaban J connectivity index is 3.32. The molecule has 1 heterocycles. The maximum atomic E-state index is 12.4. The zero-order valence-corrected chi connectivity index (χ0v) is 10.5. The van der Waals surface area contributed by atoms with E-state index in [9.17, 15) is 26.3 Å². The molecule has 1 aromatic heterocycles. The predicted octanol–water partition coefficient (Wildman–Crippen LogP) is 3.06. The first-order valence-electron chi connectivity index (χ1n) is 4.27. The standard InChI is InChI=1S/C8H5F6IN2O/c9-7(10,11)4-1-3(2-16)5(15)6(17-4)18-8(12,13)14/h1H,2,16H2. The third-order valence-electron chi connectivity index (χ3n) is 1.73. The number of halogens is 7. The second-order valence-corrected chi connectivity index (χ2v) is 4.11. The maximum absolute atomic E-state index is 12.4. The fourth-order valence-electron chi connectivity index (χ4n) is 1.03. The number of hydrogen-bond donors (Lipinski definition) is 1. The largest absolute Gasteiger partial charge is 0.574 e. The van der Waals surface area contributed by atoms with Crippen molar-refractivity contribution in [2.45, 2.75) is 19.1 Å². The van der Waals surface area contributed by atoms with Gasteiger partial charge in [0.2, 0.25) is 5.88 Å². The molecule has 3 nitrogen and oxygen atoms in total. The van der Waals surface area contributed by atoms with E-state index < -0.39 is 24.1 Å². The van der Waals surface area contributed by atoms with Crippen LogP contribution in [0.5, 0.6) is 5.88 Å². The summed E-state index contributed by atoms with van der Waals surface area (Å²) < 4.78 is 76.5. The van der Waals surface area contributed by atoms with Gasteiger partial charge in [0.15, 0.2) is 0 Å². The Morgan fingerprint density at radius 3 is 2.17 bits per heavy atom. The van der Waals surface area contributed by atoms with E-state index >= 15 is 0 Å². The summed E-state index contributed by atoms with van der Waals surface area (Å²) in [4.78, 5) is 2.81. The summed E-state index contributed by atoms with van der Waals surface area (Å²) in [6.07, 6.45) is -10.00. The third kappa shape index (κ3) is 3.86. The number of ether oxygens (including phenoxy) is 1. The first-order chi connectivity index (χ1) is 8.04. The molecule has 0 fully saturated rings. The molecule has 10 heteroatoms. The first kappa shape index (κ1) is 15.3. The van der Waals surface area contributed by atoms with Crippen LogP contribution in [0.25, 0.3) is 0 Å². The maximum Gasteiger partial charge on any atom is 0.574 e. The molecule has 0 radical (unpaired) electrons. The van der Waals surface area contributed by atoms with Crippen molar-refractivity contribution in [3.05, 3.63) is 20.9 Å². The van der Waals surface area contributed by atoms with Gasteiger partial charge in [-0.25, -0.2) is 4.98 Å². The Bertz CT molecular complexity index is 444. The van der Waals surface area contributed by atoms with E-state index in [2.05, 4.69) is 9.72 Å². The zero-order chi connectivity index (χ0) is 14.1. The number of rotatable bonds is 2. The van der Waals surface area contributed by atoms with Crippen molar-refractivity contribution in [2.24, 2.45) is 5.73 Å². The number of hydrogen-bond acceptors (Lipinski definition) is 3. The highest BCUT2D eigenvalue weighted by atomic mass is 127. The highest BCUT2D eigenvalue weighted by Gasteiger charge is 2.37. The molecular weight excluding hydrogens is 381 g/mol. The van der Waals surface area contributed by atoms with Crippen molar-refractivity contribution in [2.75, 3.05) is 0 Å². The Morgan fingerprint density at radius 2 is 1.78 bits per heavy atom. The molecule has 0 aliphatic heterocycles. The first-order valence-corrected chi connectivity index (χ1v) is 5.35. The molecule has 1 aromatic rings. The smallest absolute Gasteiger partial charge is 0.387 e. The Hall–Kier alpha value is -0.780. The van der Waals surface area contributed by atoms with Crippen molar-refractivity contribution in [3.63, 3.8) is 0 Å². The molecule has 1 rings (SSSR count). The number of pyridine rings is 1. The van der Waals surface area contributed by atoms with Gasteiger partial charge in [-0.1, -0.05) is 0 Å². The summed E-state index contributed by atoms with van der Waals surface area (Å²) in [5.41, 5.74) is 3.55. The molecule has 0 aliphatic carbocycles. The zero-order valence-electron chi connectivity index (χ0n) is 8.36. The van der Waals surface area contributed by atoms with Crippen LogP contribution < -0.4 is 10.5 Å². The molecule has 0 bridgehead atoms. The van der Waals surface area contributed by atoms with Crippen LogP contribution in [0.3, 0.4) is 0 Å². The molecule has 0 saturated heterocycles. The lowest BCUT2D eigenvalue weighted by Crippen LogP contribution is -2.21. The van der Waals surface area contributed by atoms with Crippen molar-refractivity contribution in [1.82, 2.24) is 4.98 Å². The molecule has 0 aliphatic rings. The van der Waals surface area contributed by atoms with Gasteiger partial charge >= 0.3 is 12.5 Å². The summed E-state index contributed by atoms with van der Waals surface area (Å²) >= 11 is 1.39. The predicted molar refractivity (Wildman–Crippen MR) is 56.5 cm³/mol. The van der Waals surface area contributed by atoms with E-state index in [1.165, 1.54) is 22.6 Å². The molecule has 0 amide bonds. The summed E-state index contributed by atoms with van der Waals surface area (Å²) in [7, 11) is 0. The van der Waals surface area contributed by atoms with E-state index in [4.69, 9.17) is 5.73 Å². The van der Waals surface area contributed by atoms with E-state index in [1.54, 1.807) is 0 Å². The number of aromatic nitrogens is 1. The van der Waals surface area contributed by atoms with Crippen molar-refractivity contribution >= 4 is 22.6 Å². The van der Waals surface area contributed by atoms with Crippen LogP contribution in [0.4, 0.5) is 26.3 Å². The van der Waals surface area contributed by atoms with Gasteiger partial charge in [-0.15, -0.1) is 13.2 Å². The van der Waals surface area contributed by atoms with Gasteiger partial charge in [-0.3, -0.25) is 0 Å². The van der Waals surface area contributed by atoms with E-state index in [1.807, 2.05) is 0 Å². The fourth-order valence-corrected chi connectivity index (χ4v) is 1.63. The normalized spacial score (nSPS) is 12.7. The van der Waals surface area contributed by atoms with Gasteiger partial charge in [0.05, 0.1) is 3.57 Å². The van der Waals surface area contributed by atoms with Crippen molar-refractivity contribution < 1.29 is 31.1 Å². The fraction of sp³-hybridized carbons (Fsp3) is 0.375.